The molecule has 4 heteroatoms. The highest BCUT2D eigenvalue weighted by Crippen LogP contribution is 2.21. The first-order valence-corrected chi connectivity index (χ1v) is 8.49. The number of halogens is 1. The van der Waals surface area contributed by atoms with Gasteiger partial charge in [0.25, 0.3) is 0 Å². The summed E-state index contributed by atoms with van der Waals surface area (Å²) in [5, 5.41) is 0. The van der Waals surface area contributed by atoms with Crippen LogP contribution in [0.5, 0.6) is 0 Å². The third-order valence-corrected chi connectivity index (χ3v) is 4.05. The van der Waals surface area contributed by atoms with Gasteiger partial charge in [-0.3, -0.25) is 4.79 Å². The summed E-state index contributed by atoms with van der Waals surface area (Å²) >= 11 is 5.61. The Bertz CT molecular complexity index is 477. The number of hydrogen-bond acceptors (Lipinski definition) is 3. The van der Waals surface area contributed by atoms with E-state index in [4.69, 9.17) is 21.1 Å². The lowest BCUT2D eigenvalue weighted by Gasteiger charge is -2.27. The first-order valence-electron chi connectivity index (χ1n) is 8.06. The Kier molecular flexibility index (Phi) is 9.65. The minimum absolute atomic E-state index is 0.00301. The summed E-state index contributed by atoms with van der Waals surface area (Å²) in [6, 6.07) is 0. The minimum atomic E-state index is -0.154. The first kappa shape index (κ1) is 19.7. The number of allylic oxidation sites excluding steroid dienone is 7. The zero-order valence-corrected chi connectivity index (χ0v) is 15.0. The molecule has 1 rings (SSSR count). The van der Waals surface area contributed by atoms with E-state index in [1.807, 2.05) is 25.2 Å². The molecule has 1 saturated heterocycles. The molecule has 3 nitrogen and oxygen atoms in total. The normalized spacial score (nSPS) is 24.7. The fourth-order valence-electron chi connectivity index (χ4n) is 2.30. The molecule has 0 spiro atoms. The fourth-order valence-corrected chi connectivity index (χ4v) is 2.37. The molecule has 0 unspecified atom stereocenters. The molecule has 0 radical (unpaired) electrons. The van der Waals surface area contributed by atoms with E-state index >= 15 is 0 Å². The van der Waals surface area contributed by atoms with Gasteiger partial charge in [0.2, 0.25) is 0 Å². The van der Waals surface area contributed by atoms with Crippen molar-refractivity contribution in [3.05, 3.63) is 47.6 Å². The van der Waals surface area contributed by atoms with Gasteiger partial charge in [-0.25, -0.2) is 0 Å². The maximum Gasteiger partial charge on any atom is 0.308 e. The molecule has 0 aromatic rings. The van der Waals surface area contributed by atoms with E-state index in [1.165, 1.54) is 0 Å². The number of cyclic esters (lactones) is 1. The topological polar surface area (TPSA) is 35.5 Å². The summed E-state index contributed by atoms with van der Waals surface area (Å²) in [5.74, 6) is 0.201. The van der Waals surface area contributed by atoms with Crippen molar-refractivity contribution in [2.45, 2.75) is 51.7 Å². The van der Waals surface area contributed by atoms with Gasteiger partial charge >= 0.3 is 5.97 Å². The highest BCUT2D eigenvalue weighted by molar-refractivity contribution is 6.25. The molecule has 1 aliphatic heterocycles. The molecule has 1 aliphatic rings. The number of carbonyl (C=O) groups excluding carboxylic acids is 1. The lowest BCUT2D eigenvalue weighted by molar-refractivity contribution is -0.161. The van der Waals surface area contributed by atoms with Crippen LogP contribution >= 0.6 is 11.6 Å². The third-order valence-electron chi connectivity index (χ3n) is 3.70. The van der Waals surface area contributed by atoms with Gasteiger partial charge in [-0.2, -0.15) is 0 Å². The highest BCUT2D eigenvalue weighted by atomic mass is 35.5. The number of carbonyl (C=O) groups is 1. The van der Waals surface area contributed by atoms with Crippen molar-refractivity contribution in [1.82, 2.24) is 0 Å². The number of esters is 1. The molecular weight excluding hydrogens is 312 g/mol. The molecule has 0 N–H and O–H groups in total. The van der Waals surface area contributed by atoms with Gasteiger partial charge in [-0.05, 0) is 31.3 Å². The molecule has 0 amide bonds. The predicted molar refractivity (Wildman–Crippen MR) is 95.3 cm³/mol. The average molecular weight is 339 g/mol. The lowest BCUT2D eigenvalue weighted by Crippen LogP contribution is -2.33. The third kappa shape index (κ3) is 8.77. The molecular formula is C19H27ClO3. The molecule has 1 heterocycles. The van der Waals surface area contributed by atoms with Crippen LogP contribution in [0.25, 0.3) is 0 Å². The van der Waals surface area contributed by atoms with Gasteiger partial charge in [0.05, 0.1) is 12.5 Å². The first-order chi connectivity index (χ1) is 11.0. The maximum atomic E-state index is 11.4. The van der Waals surface area contributed by atoms with Crippen LogP contribution in [0.4, 0.5) is 0 Å². The number of ether oxygens (including phenoxy) is 2. The Morgan fingerprint density at radius 2 is 2.22 bits per heavy atom. The fraction of sp³-hybridized carbons (Fsp3) is 0.526. The van der Waals surface area contributed by atoms with Crippen molar-refractivity contribution in [2.24, 2.45) is 5.92 Å². The Hall–Kier alpha value is -1.32. The number of methoxy groups -OCH3 is 1. The zero-order chi connectivity index (χ0) is 17.1. The van der Waals surface area contributed by atoms with Gasteiger partial charge in [-0.15, -0.1) is 0 Å². The number of hydrogen-bond donors (Lipinski definition) is 0. The van der Waals surface area contributed by atoms with Crippen LogP contribution < -0.4 is 0 Å². The van der Waals surface area contributed by atoms with E-state index in [-0.39, 0.29) is 18.2 Å². The van der Waals surface area contributed by atoms with Crippen molar-refractivity contribution in [3.8, 4) is 0 Å². The molecule has 23 heavy (non-hydrogen) atoms. The van der Waals surface area contributed by atoms with Crippen LogP contribution in [-0.2, 0) is 14.3 Å². The molecule has 0 aromatic carbocycles. The monoisotopic (exact) mass is 338 g/mol. The largest absolute Gasteiger partial charge is 0.462 e. The zero-order valence-electron chi connectivity index (χ0n) is 14.2. The van der Waals surface area contributed by atoms with E-state index in [2.05, 4.69) is 25.2 Å². The summed E-state index contributed by atoms with van der Waals surface area (Å²) in [6.07, 6.45) is 15.3. The smallest absolute Gasteiger partial charge is 0.308 e. The van der Waals surface area contributed by atoms with Gasteiger partial charge in [-0.1, -0.05) is 55.0 Å². The molecule has 128 valence electrons. The molecule has 1 fully saturated rings. The van der Waals surface area contributed by atoms with Gasteiger partial charge < -0.3 is 9.47 Å². The van der Waals surface area contributed by atoms with Crippen molar-refractivity contribution in [2.75, 3.05) is 7.11 Å². The van der Waals surface area contributed by atoms with Crippen LogP contribution in [-0.4, -0.2) is 25.3 Å². The summed E-state index contributed by atoms with van der Waals surface area (Å²) < 4.78 is 10.6. The van der Waals surface area contributed by atoms with E-state index in [9.17, 15) is 4.79 Å². The molecule has 0 bridgehead atoms. The summed E-state index contributed by atoms with van der Waals surface area (Å²) in [7, 11) is 1.64. The van der Waals surface area contributed by atoms with E-state index in [0.29, 0.717) is 12.3 Å². The quantitative estimate of drug-likeness (QED) is 0.464. The van der Waals surface area contributed by atoms with E-state index in [0.717, 1.165) is 24.8 Å². The molecule has 3 atom stereocenters. The highest BCUT2D eigenvalue weighted by Gasteiger charge is 2.27. The van der Waals surface area contributed by atoms with E-state index < -0.39 is 0 Å². The molecule has 0 aromatic heterocycles. The average Bonchev–Trinajstić information content (AvgIpc) is 2.55. The van der Waals surface area contributed by atoms with Crippen molar-refractivity contribution < 1.29 is 14.3 Å². The number of rotatable bonds is 8. The summed E-state index contributed by atoms with van der Waals surface area (Å²) in [6.45, 7) is 4.08. The second-order valence-electron chi connectivity index (χ2n) is 5.87. The van der Waals surface area contributed by atoms with Gasteiger partial charge in [0.15, 0.2) is 0 Å². The lowest BCUT2D eigenvalue weighted by atomic mass is 10.0. The van der Waals surface area contributed by atoms with Gasteiger partial charge in [0.1, 0.15) is 6.10 Å². The van der Waals surface area contributed by atoms with Crippen LogP contribution in [0.2, 0.25) is 0 Å². The van der Waals surface area contributed by atoms with Crippen LogP contribution in [0, 0.1) is 5.92 Å². The molecule has 0 aliphatic carbocycles. The predicted octanol–water partition coefficient (Wildman–Crippen LogP) is 4.93. The SMILES string of the molecule is CO[C@H]1CC(=O)O[C@@H](CCC=CC=C[C@@H](C)C=CC(C)=CCl)C1. The minimum Gasteiger partial charge on any atom is -0.462 e. The second-order valence-corrected chi connectivity index (χ2v) is 6.09. The maximum absolute atomic E-state index is 11.4. The van der Waals surface area contributed by atoms with E-state index in [1.54, 1.807) is 12.6 Å². The standard InChI is InChI=1S/C19H27ClO3/c1-15(10-11-16(2)14-20)8-6-4-5-7-9-17-12-18(22-3)13-19(21)23-17/h4-6,8,10-11,14-15,17-18H,7,9,12-13H2,1-3H3/t15-,17+,18-/m1/s1. The Labute approximate surface area is 144 Å². The van der Waals surface area contributed by atoms with Crippen molar-refractivity contribution >= 4 is 17.6 Å². The van der Waals surface area contributed by atoms with Crippen LogP contribution in [0.15, 0.2) is 47.6 Å². The van der Waals surface area contributed by atoms with Crippen molar-refractivity contribution in [1.29, 1.82) is 0 Å². The van der Waals surface area contributed by atoms with Crippen molar-refractivity contribution in [3.63, 3.8) is 0 Å². The Balaban J connectivity index is 2.27. The summed E-state index contributed by atoms with van der Waals surface area (Å²) in [5.41, 5.74) is 2.61. The van der Waals surface area contributed by atoms with Crippen LogP contribution in [0.1, 0.15) is 39.5 Å². The molecule has 0 saturated carbocycles. The Morgan fingerprint density at radius 1 is 1.43 bits per heavy atom. The van der Waals surface area contributed by atoms with Gasteiger partial charge in [0, 0.05) is 19.1 Å². The summed E-state index contributed by atoms with van der Waals surface area (Å²) in [4.78, 5) is 11.4. The second kappa shape index (κ2) is 11.3. The Morgan fingerprint density at radius 3 is 2.91 bits per heavy atom. The van der Waals surface area contributed by atoms with Crippen LogP contribution in [0.3, 0.4) is 0 Å².